The number of urea groups is 1. The second-order valence-corrected chi connectivity index (χ2v) is 6.10. The Morgan fingerprint density at radius 2 is 1.61 bits per heavy atom. The minimum Gasteiger partial charge on any atom is -0.491 e. The van der Waals surface area contributed by atoms with Gasteiger partial charge in [-0.3, -0.25) is 4.79 Å². The summed E-state index contributed by atoms with van der Waals surface area (Å²) in [4.78, 5) is 23.6. The number of hydrogen-bond acceptors (Lipinski definition) is 3. The summed E-state index contributed by atoms with van der Waals surface area (Å²) in [5.41, 5.74) is 7.72. The zero-order valence-electron chi connectivity index (χ0n) is 15.2. The van der Waals surface area contributed by atoms with E-state index in [0.717, 1.165) is 6.42 Å². The second kappa shape index (κ2) is 9.23. The molecule has 0 bridgehead atoms. The van der Waals surface area contributed by atoms with E-state index in [4.69, 9.17) is 10.5 Å². The zero-order chi connectivity index (χ0) is 19.8. The molecule has 6 heteroatoms. The lowest BCUT2D eigenvalue weighted by atomic mass is 10.1. The highest BCUT2D eigenvalue weighted by atomic mass is 16.5. The Labute approximate surface area is 163 Å². The van der Waals surface area contributed by atoms with Crippen LogP contribution in [0.3, 0.4) is 0 Å². The van der Waals surface area contributed by atoms with Crippen LogP contribution in [-0.4, -0.2) is 18.5 Å². The molecule has 0 saturated heterocycles. The molecule has 0 spiro atoms. The molecule has 0 radical (unpaired) electrons. The van der Waals surface area contributed by atoms with Crippen LogP contribution in [0.5, 0.6) is 5.75 Å². The first kappa shape index (κ1) is 19.0. The lowest BCUT2D eigenvalue weighted by Crippen LogP contribution is -2.20. The molecular formula is C22H21N3O3. The normalized spacial score (nSPS) is 10.1. The van der Waals surface area contributed by atoms with Gasteiger partial charge < -0.3 is 21.1 Å². The number of carbonyl (C=O) groups excluding carboxylic acids is 2. The Bertz CT molecular complexity index is 958. The van der Waals surface area contributed by atoms with Gasteiger partial charge in [0.1, 0.15) is 5.75 Å². The highest BCUT2D eigenvalue weighted by Gasteiger charge is 2.11. The highest BCUT2D eigenvalue weighted by molar-refractivity contribution is 6.06. The number of primary amides is 1. The maximum atomic E-state index is 12.6. The summed E-state index contributed by atoms with van der Waals surface area (Å²) in [6.45, 7) is 0.495. The predicted octanol–water partition coefficient (Wildman–Crippen LogP) is 4.05. The van der Waals surface area contributed by atoms with Gasteiger partial charge in [0.15, 0.2) is 0 Å². The number of para-hydroxylation sites is 2. The molecule has 0 atom stereocenters. The number of amides is 3. The van der Waals surface area contributed by atoms with Crippen molar-refractivity contribution in [2.75, 3.05) is 17.2 Å². The Balaban J connectivity index is 1.65. The Morgan fingerprint density at radius 1 is 0.857 bits per heavy atom. The van der Waals surface area contributed by atoms with E-state index in [0.29, 0.717) is 29.3 Å². The summed E-state index contributed by atoms with van der Waals surface area (Å²) < 4.78 is 5.87. The quantitative estimate of drug-likeness (QED) is 0.581. The number of anilines is 2. The van der Waals surface area contributed by atoms with Gasteiger partial charge in [0.25, 0.3) is 5.91 Å². The minimum atomic E-state index is -0.685. The van der Waals surface area contributed by atoms with Gasteiger partial charge >= 0.3 is 6.03 Å². The molecule has 0 fully saturated rings. The molecule has 0 saturated carbocycles. The van der Waals surface area contributed by atoms with Gasteiger partial charge in [0.05, 0.1) is 12.3 Å². The average Bonchev–Trinajstić information content (AvgIpc) is 2.70. The van der Waals surface area contributed by atoms with Crippen molar-refractivity contribution < 1.29 is 14.3 Å². The van der Waals surface area contributed by atoms with Crippen LogP contribution in [0.25, 0.3) is 0 Å². The van der Waals surface area contributed by atoms with Crippen LogP contribution in [0.1, 0.15) is 15.9 Å². The molecular weight excluding hydrogens is 354 g/mol. The maximum absolute atomic E-state index is 12.6. The van der Waals surface area contributed by atoms with E-state index in [9.17, 15) is 9.59 Å². The largest absolute Gasteiger partial charge is 0.491 e. The summed E-state index contributed by atoms with van der Waals surface area (Å²) in [5.74, 6) is 0.283. The Morgan fingerprint density at radius 3 is 2.39 bits per heavy atom. The molecule has 0 aliphatic carbocycles. The molecule has 28 heavy (non-hydrogen) atoms. The van der Waals surface area contributed by atoms with Crippen molar-refractivity contribution in [1.82, 2.24) is 0 Å². The van der Waals surface area contributed by atoms with E-state index in [1.165, 1.54) is 5.56 Å². The summed E-state index contributed by atoms with van der Waals surface area (Å²) in [5, 5.41) is 5.30. The summed E-state index contributed by atoms with van der Waals surface area (Å²) in [7, 11) is 0. The van der Waals surface area contributed by atoms with Gasteiger partial charge in [-0.05, 0) is 35.9 Å². The SMILES string of the molecule is NC(=O)Nc1cccc(C(=O)Nc2ccccc2OCCc2ccccc2)c1. The number of rotatable bonds is 7. The van der Waals surface area contributed by atoms with Crippen molar-refractivity contribution in [3.8, 4) is 5.75 Å². The van der Waals surface area contributed by atoms with E-state index in [1.807, 2.05) is 48.5 Å². The van der Waals surface area contributed by atoms with Crippen LogP contribution < -0.4 is 21.1 Å². The van der Waals surface area contributed by atoms with Crippen molar-refractivity contribution in [3.63, 3.8) is 0 Å². The summed E-state index contributed by atoms with van der Waals surface area (Å²) in [6, 6.07) is 23.2. The first-order chi connectivity index (χ1) is 13.6. The van der Waals surface area contributed by atoms with Gasteiger partial charge in [-0.15, -0.1) is 0 Å². The molecule has 3 rings (SSSR count). The fourth-order valence-corrected chi connectivity index (χ4v) is 2.69. The Kier molecular flexibility index (Phi) is 6.25. The van der Waals surface area contributed by atoms with E-state index in [2.05, 4.69) is 10.6 Å². The summed E-state index contributed by atoms with van der Waals surface area (Å²) in [6.07, 6.45) is 0.768. The van der Waals surface area contributed by atoms with Crippen LogP contribution in [0.15, 0.2) is 78.9 Å². The first-order valence-electron chi connectivity index (χ1n) is 8.85. The Hall–Kier alpha value is -3.80. The number of ether oxygens (including phenoxy) is 1. The zero-order valence-corrected chi connectivity index (χ0v) is 15.2. The van der Waals surface area contributed by atoms with Crippen LogP contribution >= 0.6 is 0 Å². The molecule has 0 aliphatic heterocycles. The third kappa shape index (κ3) is 5.35. The molecule has 0 unspecified atom stereocenters. The van der Waals surface area contributed by atoms with Crippen LogP contribution in [0.2, 0.25) is 0 Å². The third-order valence-corrected chi connectivity index (χ3v) is 4.02. The number of nitrogens with one attached hydrogen (secondary N) is 2. The number of hydrogen-bond donors (Lipinski definition) is 3. The average molecular weight is 375 g/mol. The van der Waals surface area contributed by atoms with Gasteiger partial charge in [-0.1, -0.05) is 48.5 Å². The van der Waals surface area contributed by atoms with E-state index in [-0.39, 0.29) is 5.91 Å². The van der Waals surface area contributed by atoms with Crippen LogP contribution in [0, 0.1) is 0 Å². The van der Waals surface area contributed by atoms with E-state index < -0.39 is 6.03 Å². The van der Waals surface area contributed by atoms with E-state index in [1.54, 1.807) is 30.3 Å². The van der Waals surface area contributed by atoms with Crippen LogP contribution in [-0.2, 0) is 6.42 Å². The number of carbonyl (C=O) groups is 2. The lowest BCUT2D eigenvalue weighted by Gasteiger charge is -2.13. The van der Waals surface area contributed by atoms with Gasteiger partial charge in [0, 0.05) is 17.7 Å². The smallest absolute Gasteiger partial charge is 0.316 e. The van der Waals surface area contributed by atoms with Gasteiger partial charge in [-0.2, -0.15) is 0 Å². The third-order valence-electron chi connectivity index (χ3n) is 4.02. The lowest BCUT2D eigenvalue weighted by molar-refractivity contribution is 0.102. The van der Waals surface area contributed by atoms with Gasteiger partial charge in [0.2, 0.25) is 0 Å². The fourth-order valence-electron chi connectivity index (χ4n) is 2.69. The standard InChI is InChI=1S/C22H21N3O3/c23-22(27)24-18-10-6-9-17(15-18)21(26)25-19-11-4-5-12-20(19)28-14-13-16-7-2-1-3-8-16/h1-12,15H,13-14H2,(H,25,26)(H3,23,24,27). The molecule has 0 aliphatic rings. The van der Waals surface area contributed by atoms with Crippen molar-refractivity contribution in [2.24, 2.45) is 5.73 Å². The maximum Gasteiger partial charge on any atom is 0.316 e. The molecule has 4 N–H and O–H groups in total. The molecule has 142 valence electrons. The topological polar surface area (TPSA) is 93.5 Å². The minimum absolute atomic E-state index is 0.313. The van der Waals surface area contributed by atoms with Crippen molar-refractivity contribution in [3.05, 3.63) is 90.0 Å². The second-order valence-electron chi connectivity index (χ2n) is 6.10. The molecule has 6 nitrogen and oxygen atoms in total. The number of benzene rings is 3. The summed E-state index contributed by atoms with van der Waals surface area (Å²) >= 11 is 0. The highest BCUT2D eigenvalue weighted by Crippen LogP contribution is 2.25. The predicted molar refractivity (Wildman–Crippen MR) is 110 cm³/mol. The van der Waals surface area contributed by atoms with Crippen molar-refractivity contribution >= 4 is 23.3 Å². The molecule has 0 aromatic heterocycles. The van der Waals surface area contributed by atoms with E-state index >= 15 is 0 Å². The monoisotopic (exact) mass is 375 g/mol. The first-order valence-corrected chi connectivity index (χ1v) is 8.85. The molecule has 3 amide bonds. The molecule has 3 aromatic carbocycles. The van der Waals surface area contributed by atoms with Crippen molar-refractivity contribution in [2.45, 2.75) is 6.42 Å². The van der Waals surface area contributed by atoms with Gasteiger partial charge in [-0.25, -0.2) is 4.79 Å². The molecule has 0 heterocycles. The van der Waals surface area contributed by atoms with Crippen LogP contribution in [0.4, 0.5) is 16.2 Å². The fraction of sp³-hybridized carbons (Fsp3) is 0.0909. The van der Waals surface area contributed by atoms with Crippen molar-refractivity contribution in [1.29, 1.82) is 0 Å². The number of nitrogens with two attached hydrogens (primary N) is 1. The molecule has 3 aromatic rings.